The Labute approximate surface area is 211 Å². The zero-order chi connectivity index (χ0) is 25.9. The van der Waals surface area contributed by atoms with Gasteiger partial charge in [0.2, 0.25) is 5.82 Å². The second-order valence-electron chi connectivity index (χ2n) is 8.95. The zero-order valence-electron chi connectivity index (χ0n) is 20.1. The van der Waals surface area contributed by atoms with Crippen molar-refractivity contribution in [2.24, 2.45) is 0 Å². The molecule has 1 aliphatic heterocycles. The fraction of sp³-hybridized carbons (Fsp3) is 0.440. The van der Waals surface area contributed by atoms with Gasteiger partial charge in [-0.05, 0) is 43.9 Å². The summed E-state index contributed by atoms with van der Waals surface area (Å²) >= 11 is 1.55. The van der Waals surface area contributed by atoms with Crippen LogP contribution in [-0.2, 0) is 10.9 Å². The second kappa shape index (κ2) is 10.9. The summed E-state index contributed by atoms with van der Waals surface area (Å²) in [6.45, 7) is 6.91. The topological polar surface area (TPSA) is 86.2 Å². The maximum atomic E-state index is 13.1. The van der Waals surface area contributed by atoms with Gasteiger partial charge in [0.15, 0.2) is 0 Å². The highest BCUT2D eigenvalue weighted by Gasteiger charge is 2.34. The van der Waals surface area contributed by atoms with Crippen LogP contribution < -0.4 is 10.1 Å². The van der Waals surface area contributed by atoms with Gasteiger partial charge in [-0.1, -0.05) is 13.8 Å². The van der Waals surface area contributed by atoms with Crippen LogP contribution in [0.5, 0.6) is 5.75 Å². The number of nitrogens with zero attached hydrogens (tertiary/aromatic N) is 3. The molecule has 1 unspecified atom stereocenters. The molecule has 1 N–H and O–H groups in total. The molecule has 4 rings (SSSR count). The molecular formula is C25H27F3N4O3S. The molecule has 7 nitrogen and oxygen atoms in total. The van der Waals surface area contributed by atoms with Gasteiger partial charge >= 0.3 is 6.18 Å². The predicted octanol–water partition coefficient (Wildman–Crippen LogP) is 5.79. The lowest BCUT2D eigenvalue weighted by molar-refractivity contribution is -0.145. The Hall–Kier alpha value is -3.05. The van der Waals surface area contributed by atoms with Gasteiger partial charge in [-0.15, -0.1) is 11.3 Å². The van der Waals surface area contributed by atoms with Gasteiger partial charge in [0.1, 0.15) is 17.4 Å². The van der Waals surface area contributed by atoms with Gasteiger partial charge in [-0.3, -0.25) is 4.79 Å². The number of hydrogen-bond acceptors (Lipinski definition) is 7. The molecule has 3 heterocycles. The Morgan fingerprint density at radius 2 is 1.92 bits per heavy atom. The standard InChI is InChI=1S/C25H27F3N4O3S/c1-14(2)21-12-29-23(36-21)17-7-16(8-20(9-17)35-13-19-5-4-6-34-19)22(33)32-15(3)18-10-30-24(31-11-18)25(26,27)28/h7-12,14-15,19H,4-6,13H2,1-3H3,(H,32,33)/t15?,19-/m0/s1. The summed E-state index contributed by atoms with van der Waals surface area (Å²) in [5, 5.41) is 3.56. The molecule has 2 aromatic heterocycles. The van der Waals surface area contributed by atoms with E-state index in [1.165, 1.54) is 0 Å². The zero-order valence-corrected chi connectivity index (χ0v) is 20.9. The average molecular weight is 521 g/mol. The van der Waals surface area contributed by atoms with Crippen LogP contribution in [0.25, 0.3) is 10.6 Å². The molecule has 1 saturated heterocycles. The van der Waals surface area contributed by atoms with E-state index in [0.717, 1.165) is 40.7 Å². The Kier molecular flexibility index (Phi) is 7.89. The minimum atomic E-state index is -4.63. The Morgan fingerprint density at radius 3 is 2.53 bits per heavy atom. The molecule has 192 valence electrons. The van der Waals surface area contributed by atoms with Crippen molar-refractivity contribution >= 4 is 17.2 Å². The monoisotopic (exact) mass is 520 g/mol. The number of amides is 1. The minimum absolute atomic E-state index is 0.0121. The summed E-state index contributed by atoms with van der Waals surface area (Å²) in [4.78, 5) is 25.5. The Bertz CT molecular complexity index is 1190. The van der Waals surface area contributed by atoms with Crippen LogP contribution in [0, 0.1) is 0 Å². The first-order valence-corrected chi connectivity index (χ1v) is 12.5. The number of rotatable bonds is 8. The largest absolute Gasteiger partial charge is 0.491 e. The van der Waals surface area contributed by atoms with Crippen LogP contribution in [0.2, 0.25) is 0 Å². The number of benzene rings is 1. The molecule has 2 atom stereocenters. The van der Waals surface area contributed by atoms with Crippen molar-refractivity contribution in [3.8, 4) is 16.3 Å². The lowest BCUT2D eigenvalue weighted by Crippen LogP contribution is -2.27. The van der Waals surface area contributed by atoms with Gasteiger partial charge < -0.3 is 14.8 Å². The molecule has 0 saturated carbocycles. The van der Waals surface area contributed by atoms with Crippen molar-refractivity contribution in [2.45, 2.75) is 57.9 Å². The molecule has 3 aromatic rings. The molecule has 0 radical (unpaired) electrons. The second-order valence-corrected chi connectivity index (χ2v) is 10.0. The molecule has 1 amide bonds. The van der Waals surface area contributed by atoms with E-state index < -0.39 is 23.9 Å². The van der Waals surface area contributed by atoms with Crippen molar-refractivity contribution in [1.82, 2.24) is 20.3 Å². The third kappa shape index (κ3) is 6.38. The number of hydrogen-bond donors (Lipinski definition) is 1. The maximum absolute atomic E-state index is 13.1. The summed E-state index contributed by atoms with van der Waals surface area (Å²) in [7, 11) is 0. The predicted molar refractivity (Wildman–Crippen MR) is 129 cm³/mol. The van der Waals surface area contributed by atoms with Gasteiger partial charge in [0.05, 0.1) is 12.1 Å². The number of thiazole rings is 1. The van der Waals surface area contributed by atoms with Crippen LogP contribution in [0.1, 0.15) is 72.2 Å². The molecule has 0 bridgehead atoms. The van der Waals surface area contributed by atoms with Gasteiger partial charge in [0, 0.05) is 46.8 Å². The van der Waals surface area contributed by atoms with Gasteiger partial charge in [-0.2, -0.15) is 13.2 Å². The summed E-state index contributed by atoms with van der Waals surface area (Å²) in [5.74, 6) is -0.800. The van der Waals surface area contributed by atoms with Crippen LogP contribution in [0.3, 0.4) is 0 Å². The van der Waals surface area contributed by atoms with Crippen molar-refractivity contribution in [3.05, 3.63) is 58.6 Å². The highest BCUT2D eigenvalue weighted by molar-refractivity contribution is 7.15. The SMILES string of the molecule is CC(C)c1cnc(-c2cc(OC[C@@H]3CCCO3)cc(C(=O)NC(C)c3cnc(C(F)(F)F)nc3)c2)s1. The van der Waals surface area contributed by atoms with E-state index in [0.29, 0.717) is 36.0 Å². The fourth-order valence-corrected chi connectivity index (χ4v) is 4.57. The lowest BCUT2D eigenvalue weighted by atomic mass is 10.1. The number of aromatic nitrogens is 3. The van der Waals surface area contributed by atoms with Crippen LogP contribution in [0.15, 0.2) is 36.8 Å². The third-order valence-corrected chi connectivity index (χ3v) is 7.09. The van der Waals surface area contributed by atoms with E-state index >= 15 is 0 Å². The first-order valence-electron chi connectivity index (χ1n) is 11.7. The highest BCUT2D eigenvalue weighted by atomic mass is 32.1. The molecular weight excluding hydrogens is 493 g/mol. The molecule has 1 aliphatic rings. The first-order chi connectivity index (χ1) is 17.1. The normalized spacial score (nSPS) is 16.8. The van der Waals surface area contributed by atoms with Crippen LogP contribution in [-0.4, -0.2) is 40.2 Å². The lowest BCUT2D eigenvalue weighted by Gasteiger charge is -2.16. The quantitative estimate of drug-likeness (QED) is 0.405. The van der Waals surface area contributed by atoms with Crippen molar-refractivity contribution in [2.75, 3.05) is 13.2 Å². The number of halogens is 3. The summed E-state index contributed by atoms with van der Waals surface area (Å²) in [6, 6.07) is 4.60. The number of carbonyl (C=O) groups excluding carboxylic acids is 1. The van der Waals surface area contributed by atoms with Gasteiger partial charge in [0.25, 0.3) is 5.91 Å². The molecule has 0 aliphatic carbocycles. The smallest absolute Gasteiger partial charge is 0.451 e. The molecule has 1 fully saturated rings. The number of alkyl halides is 3. The molecule has 1 aromatic carbocycles. The van der Waals surface area contributed by atoms with E-state index in [4.69, 9.17) is 9.47 Å². The summed E-state index contributed by atoms with van der Waals surface area (Å²) in [5.41, 5.74) is 1.44. The van der Waals surface area contributed by atoms with Crippen LogP contribution >= 0.6 is 11.3 Å². The summed E-state index contributed by atoms with van der Waals surface area (Å²) in [6.07, 6.45) is 1.26. The number of nitrogens with one attached hydrogen (secondary N) is 1. The van der Waals surface area contributed by atoms with Crippen molar-refractivity contribution in [3.63, 3.8) is 0 Å². The minimum Gasteiger partial charge on any atom is -0.491 e. The average Bonchev–Trinajstić information content (AvgIpc) is 3.54. The molecule has 0 spiro atoms. The number of ether oxygens (including phenoxy) is 2. The van der Waals surface area contributed by atoms with Crippen LogP contribution in [0.4, 0.5) is 13.2 Å². The van der Waals surface area contributed by atoms with E-state index in [-0.39, 0.29) is 6.10 Å². The Morgan fingerprint density at radius 1 is 1.17 bits per heavy atom. The third-order valence-electron chi connectivity index (χ3n) is 5.74. The maximum Gasteiger partial charge on any atom is 0.451 e. The number of carbonyl (C=O) groups is 1. The van der Waals surface area contributed by atoms with E-state index in [1.54, 1.807) is 30.4 Å². The molecule has 11 heteroatoms. The summed E-state index contributed by atoms with van der Waals surface area (Å²) < 4.78 is 49.9. The van der Waals surface area contributed by atoms with E-state index in [1.807, 2.05) is 12.3 Å². The van der Waals surface area contributed by atoms with Gasteiger partial charge in [-0.25, -0.2) is 15.0 Å². The first kappa shape index (κ1) is 26.0. The van der Waals surface area contributed by atoms with E-state index in [9.17, 15) is 18.0 Å². The molecule has 36 heavy (non-hydrogen) atoms. The van der Waals surface area contributed by atoms with Crippen molar-refractivity contribution < 1.29 is 27.4 Å². The van der Waals surface area contributed by atoms with Crippen molar-refractivity contribution in [1.29, 1.82) is 0 Å². The highest BCUT2D eigenvalue weighted by Crippen LogP contribution is 2.33. The van der Waals surface area contributed by atoms with E-state index in [2.05, 4.69) is 34.1 Å². The Balaban J connectivity index is 1.55. The fourth-order valence-electron chi connectivity index (χ4n) is 3.66.